The second kappa shape index (κ2) is 20.9. The van der Waals surface area contributed by atoms with E-state index in [1.807, 2.05) is 12.1 Å². The summed E-state index contributed by atoms with van der Waals surface area (Å²) in [6.45, 7) is 13.2. The predicted octanol–water partition coefficient (Wildman–Crippen LogP) is 11.4. The van der Waals surface area contributed by atoms with E-state index in [4.69, 9.17) is 9.47 Å². The van der Waals surface area contributed by atoms with Gasteiger partial charge in [0.05, 0.1) is 11.1 Å². The molecule has 1 aromatic carbocycles. The van der Waals surface area contributed by atoms with Gasteiger partial charge in [-0.3, -0.25) is 0 Å². The molecule has 4 nitrogen and oxygen atoms in total. The summed E-state index contributed by atoms with van der Waals surface area (Å²) < 4.78 is 12.9. The van der Waals surface area contributed by atoms with Gasteiger partial charge in [-0.2, -0.15) is 0 Å². The highest BCUT2D eigenvalue weighted by Gasteiger charge is 2.37. The third-order valence-electron chi connectivity index (χ3n) is 8.40. The lowest BCUT2D eigenvalue weighted by molar-refractivity contribution is -0.0396. The number of benzene rings is 1. The third-order valence-corrected chi connectivity index (χ3v) is 8.40. The van der Waals surface area contributed by atoms with Gasteiger partial charge in [0, 0.05) is 0 Å². The maximum absolute atomic E-state index is 13.8. The number of esters is 2. The molecule has 0 radical (unpaired) electrons. The largest absolute Gasteiger partial charge is 0.455 e. The summed E-state index contributed by atoms with van der Waals surface area (Å²) in [5.41, 5.74) is -0.259. The summed E-state index contributed by atoms with van der Waals surface area (Å²) >= 11 is 0. The number of rotatable bonds is 24. The molecule has 4 heteroatoms. The van der Waals surface area contributed by atoms with E-state index in [9.17, 15) is 9.59 Å². The van der Waals surface area contributed by atoms with Crippen LogP contribution in [-0.4, -0.2) is 23.1 Å². The molecular formula is C36H62O4. The fraction of sp³-hybridized carbons (Fsp3) is 0.778. The molecule has 0 aromatic heterocycles. The van der Waals surface area contributed by atoms with Crippen LogP contribution in [0.15, 0.2) is 24.3 Å². The zero-order valence-electron chi connectivity index (χ0n) is 27.1. The van der Waals surface area contributed by atoms with E-state index in [1.165, 1.54) is 0 Å². The van der Waals surface area contributed by atoms with Crippen LogP contribution in [0.1, 0.15) is 191 Å². The van der Waals surface area contributed by atoms with Crippen LogP contribution in [0, 0.1) is 0 Å². The van der Waals surface area contributed by atoms with Crippen LogP contribution in [0.5, 0.6) is 0 Å². The van der Waals surface area contributed by atoms with Gasteiger partial charge in [-0.1, -0.05) is 105 Å². The molecule has 0 amide bonds. The number of hydrogen-bond acceptors (Lipinski definition) is 4. The molecule has 0 bridgehead atoms. The average Bonchev–Trinajstić information content (AvgIpc) is 2.97. The van der Waals surface area contributed by atoms with Gasteiger partial charge in [0.25, 0.3) is 0 Å². The Morgan fingerprint density at radius 3 is 1.02 bits per heavy atom. The van der Waals surface area contributed by atoms with Crippen molar-refractivity contribution in [3.05, 3.63) is 35.4 Å². The van der Waals surface area contributed by atoms with Crippen LogP contribution in [0.4, 0.5) is 0 Å². The molecule has 0 aliphatic rings. The highest BCUT2D eigenvalue weighted by atomic mass is 16.6. The quantitative estimate of drug-likeness (QED) is 0.0935. The topological polar surface area (TPSA) is 52.6 Å². The van der Waals surface area contributed by atoms with Crippen LogP contribution in [0.25, 0.3) is 0 Å². The monoisotopic (exact) mass is 558 g/mol. The van der Waals surface area contributed by atoms with Crippen molar-refractivity contribution < 1.29 is 19.1 Å². The van der Waals surface area contributed by atoms with Crippen molar-refractivity contribution in [2.45, 2.75) is 181 Å². The normalized spacial score (nSPS) is 11.9. The standard InChI is InChI=1S/C36H62O4/c1-7-13-21-29-35(25-15-9-3,26-16-10-4)39-33(37)31-23-19-20-24-32(31)34(38)40-36(27-17-11-5,28-18-12-6)30-22-14-8-2/h19-20,23-24H,7-18,21-22,25-30H2,1-6H3. The number of hydrogen-bond donors (Lipinski definition) is 0. The SMILES string of the molecule is CCCCCC(CCCC)(CCCC)OC(=O)c1ccccc1C(=O)OC(CCCC)(CCCC)CCCCC. The van der Waals surface area contributed by atoms with Crippen LogP contribution in [0.2, 0.25) is 0 Å². The van der Waals surface area contributed by atoms with Gasteiger partial charge in [-0.25, -0.2) is 9.59 Å². The van der Waals surface area contributed by atoms with Gasteiger partial charge in [0.1, 0.15) is 11.2 Å². The van der Waals surface area contributed by atoms with E-state index in [1.54, 1.807) is 12.1 Å². The molecule has 1 rings (SSSR count). The zero-order valence-corrected chi connectivity index (χ0v) is 27.1. The molecule has 0 unspecified atom stereocenters. The summed E-state index contributed by atoms with van der Waals surface area (Å²) in [4.78, 5) is 27.7. The Kier molecular flexibility index (Phi) is 19.0. The molecule has 0 N–H and O–H groups in total. The van der Waals surface area contributed by atoms with Crippen molar-refractivity contribution in [3.8, 4) is 0 Å². The van der Waals surface area contributed by atoms with Crippen molar-refractivity contribution in [2.24, 2.45) is 0 Å². The Balaban J connectivity index is 3.32. The first-order valence-electron chi connectivity index (χ1n) is 16.9. The lowest BCUT2D eigenvalue weighted by Gasteiger charge is -2.35. The lowest BCUT2D eigenvalue weighted by atomic mass is 9.85. The van der Waals surface area contributed by atoms with Crippen molar-refractivity contribution in [1.82, 2.24) is 0 Å². The van der Waals surface area contributed by atoms with Crippen molar-refractivity contribution in [2.75, 3.05) is 0 Å². The van der Waals surface area contributed by atoms with Crippen molar-refractivity contribution in [1.29, 1.82) is 0 Å². The van der Waals surface area contributed by atoms with Crippen LogP contribution in [0.3, 0.4) is 0 Å². The molecule has 0 spiro atoms. The van der Waals surface area contributed by atoms with E-state index >= 15 is 0 Å². The molecule has 0 heterocycles. The van der Waals surface area contributed by atoms with Gasteiger partial charge >= 0.3 is 11.9 Å². The molecule has 0 atom stereocenters. The van der Waals surface area contributed by atoms with Gasteiger partial charge in [-0.15, -0.1) is 0 Å². The smallest absolute Gasteiger partial charge is 0.339 e. The number of carbonyl (C=O) groups excluding carboxylic acids is 2. The van der Waals surface area contributed by atoms with Gasteiger partial charge < -0.3 is 9.47 Å². The second-order valence-corrected chi connectivity index (χ2v) is 12.0. The van der Waals surface area contributed by atoms with Gasteiger partial charge in [0.2, 0.25) is 0 Å². The molecule has 40 heavy (non-hydrogen) atoms. The average molecular weight is 559 g/mol. The molecule has 0 aliphatic carbocycles. The Morgan fingerprint density at radius 1 is 0.475 bits per heavy atom. The first kappa shape index (κ1) is 36.2. The minimum Gasteiger partial charge on any atom is -0.455 e. The first-order valence-corrected chi connectivity index (χ1v) is 16.9. The number of carbonyl (C=O) groups is 2. The Bertz CT molecular complexity index is 732. The van der Waals surface area contributed by atoms with Gasteiger partial charge in [0.15, 0.2) is 0 Å². The first-order chi connectivity index (χ1) is 19.4. The van der Waals surface area contributed by atoms with Crippen molar-refractivity contribution >= 4 is 11.9 Å². The fourth-order valence-corrected chi connectivity index (χ4v) is 5.79. The Labute approximate surface area is 247 Å². The molecule has 230 valence electrons. The van der Waals surface area contributed by atoms with Crippen LogP contribution < -0.4 is 0 Å². The summed E-state index contributed by atoms with van der Waals surface area (Å²) in [6.07, 6.45) is 20.3. The highest BCUT2D eigenvalue weighted by Crippen LogP contribution is 2.35. The predicted molar refractivity (Wildman–Crippen MR) is 169 cm³/mol. The van der Waals surface area contributed by atoms with Crippen molar-refractivity contribution in [3.63, 3.8) is 0 Å². The second-order valence-electron chi connectivity index (χ2n) is 12.0. The molecule has 0 saturated carbocycles. The van der Waals surface area contributed by atoms with E-state index in [-0.39, 0.29) is 11.9 Å². The molecule has 0 fully saturated rings. The van der Waals surface area contributed by atoms with Crippen LogP contribution >= 0.6 is 0 Å². The summed E-state index contributed by atoms with van der Waals surface area (Å²) in [6, 6.07) is 7.14. The minimum atomic E-state index is -0.471. The maximum Gasteiger partial charge on any atom is 0.339 e. The van der Waals surface area contributed by atoms with Gasteiger partial charge in [-0.05, 0) is 89.2 Å². The molecule has 0 saturated heterocycles. The highest BCUT2D eigenvalue weighted by molar-refractivity contribution is 6.03. The van der Waals surface area contributed by atoms with E-state index in [2.05, 4.69) is 41.5 Å². The molecule has 1 aromatic rings. The maximum atomic E-state index is 13.8. The van der Waals surface area contributed by atoms with Crippen LogP contribution in [-0.2, 0) is 9.47 Å². The number of unbranched alkanes of at least 4 members (excludes halogenated alkanes) is 8. The Hall–Kier alpha value is -1.84. The molecular weight excluding hydrogens is 496 g/mol. The van der Waals surface area contributed by atoms with E-state index < -0.39 is 11.2 Å². The summed E-state index contributed by atoms with van der Waals surface area (Å²) in [5.74, 6) is -0.759. The number of ether oxygens (including phenoxy) is 2. The Morgan fingerprint density at radius 2 is 0.750 bits per heavy atom. The van der Waals surface area contributed by atoms with E-state index in [0.717, 1.165) is 128 Å². The zero-order chi connectivity index (χ0) is 29.7. The minimum absolute atomic E-state index is 0.341. The fourth-order valence-electron chi connectivity index (χ4n) is 5.79. The summed E-state index contributed by atoms with van der Waals surface area (Å²) in [5, 5.41) is 0. The summed E-state index contributed by atoms with van der Waals surface area (Å²) in [7, 11) is 0. The molecule has 0 aliphatic heterocycles. The third kappa shape index (κ3) is 12.8. The van der Waals surface area contributed by atoms with E-state index in [0.29, 0.717) is 11.1 Å². The lowest BCUT2D eigenvalue weighted by Crippen LogP contribution is -2.37.